The van der Waals surface area contributed by atoms with Crippen molar-refractivity contribution in [3.63, 3.8) is 0 Å². The SMILES string of the molecule is Cc1cccc2[nH]c(-c3cc(-c4ccncc4)n[nH]c3=O)cc12. The van der Waals surface area contributed by atoms with E-state index < -0.39 is 0 Å². The molecule has 5 nitrogen and oxygen atoms in total. The van der Waals surface area contributed by atoms with Crippen LogP contribution in [0.2, 0.25) is 0 Å². The monoisotopic (exact) mass is 302 g/mol. The summed E-state index contributed by atoms with van der Waals surface area (Å²) in [6.07, 6.45) is 3.40. The van der Waals surface area contributed by atoms with Crippen LogP contribution < -0.4 is 5.56 Å². The first-order valence-electron chi connectivity index (χ1n) is 7.31. The average molecular weight is 302 g/mol. The van der Waals surface area contributed by atoms with Crippen LogP contribution in [0, 0.1) is 6.92 Å². The molecule has 1 aromatic carbocycles. The molecule has 0 amide bonds. The standard InChI is InChI=1S/C18H14N4O/c1-11-3-2-4-15-13(11)9-17(20-15)14-10-16(21-22-18(14)23)12-5-7-19-8-6-12/h2-10,20H,1H3,(H,22,23). The molecule has 0 radical (unpaired) electrons. The number of benzene rings is 1. The number of rotatable bonds is 2. The Labute approximate surface area is 132 Å². The number of hydrogen-bond acceptors (Lipinski definition) is 3. The molecule has 3 aromatic heterocycles. The number of nitrogens with one attached hydrogen (secondary N) is 2. The van der Waals surface area contributed by atoms with Crippen molar-refractivity contribution in [3.05, 3.63) is 70.8 Å². The van der Waals surface area contributed by atoms with Gasteiger partial charge in [-0.3, -0.25) is 9.78 Å². The number of aryl methyl sites for hydroxylation is 1. The van der Waals surface area contributed by atoms with Crippen LogP contribution in [0.5, 0.6) is 0 Å². The lowest BCUT2D eigenvalue weighted by molar-refractivity contribution is 0.996. The molecule has 0 atom stereocenters. The summed E-state index contributed by atoms with van der Waals surface area (Å²) in [5.41, 5.74) is 4.94. The highest BCUT2D eigenvalue weighted by Crippen LogP contribution is 2.26. The molecular formula is C18H14N4O. The van der Waals surface area contributed by atoms with Crippen molar-refractivity contribution in [3.8, 4) is 22.5 Å². The number of nitrogens with zero attached hydrogens (tertiary/aromatic N) is 2. The lowest BCUT2D eigenvalue weighted by atomic mass is 10.1. The summed E-state index contributed by atoms with van der Waals surface area (Å²) in [5, 5.41) is 7.82. The first-order valence-corrected chi connectivity index (χ1v) is 7.31. The van der Waals surface area contributed by atoms with Crippen molar-refractivity contribution in [2.24, 2.45) is 0 Å². The molecule has 112 valence electrons. The highest BCUT2D eigenvalue weighted by molar-refractivity contribution is 5.88. The van der Waals surface area contributed by atoms with Crippen molar-refractivity contribution in [1.29, 1.82) is 0 Å². The number of H-pyrrole nitrogens is 2. The molecule has 0 saturated carbocycles. The number of hydrogen-bond donors (Lipinski definition) is 2. The second-order valence-corrected chi connectivity index (χ2v) is 5.45. The van der Waals surface area contributed by atoms with Gasteiger partial charge in [-0.2, -0.15) is 5.10 Å². The molecule has 0 aliphatic rings. The Bertz CT molecular complexity index is 1050. The topological polar surface area (TPSA) is 74.4 Å². The largest absolute Gasteiger partial charge is 0.354 e. The van der Waals surface area contributed by atoms with Crippen molar-refractivity contribution >= 4 is 10.9 Å². The van der Waals surface area contributed by atoms with Gasteiger partial charge in [0, 0.05) is 28.9 Å². The van der Waals surface area contributed by atoms with Gasteiger partial charge in [0.2, 0.25) is 0 Å². The van der Waals surface area contributed by atoms with Gasteiger partial charge in [-0.05, 0) is 42.8 Å². The number of aromatic amines is 2. The highest BCUT2D eigenvalue weighted by atomic mass is 16.1. The first-order chi connectivity index (χ1) is 11.2. The minimum atomic E-state index is -0.216. The number of aromatic nitrogens is 4. The molecule has 4 rings (SSSR count). The zero-order valence-corrected chi connectivity index (χ0v) is 12.5. The Balaban J connectivity index is 1.90. The Morgan fingerprint density at radius 3 is 2.65 bits per heavy atom. The van der Waals surface area contributed by atoms with Crippen LogP contribution in [0.4, 0.5) is 0 Å². The predicted octanol–water partition coefficient (Wildman–Crippen LogP) is 3.29. The zero-order valence-electron chi connectivity index (χ0n) is 12.5. The van der Waals surface area contributed by atoms with Gasteiger partial charge in [0.25, 0.3) is 5.56 Å². The summed E-state index contributed by atoms with van der Waals surface area (Å²) in [7, 11) is 0. The van der Waals surface area contributed by atoms with Gasteiger partial charge in [-0.1, -0.05) is 12.1 Å². The fourth-order valence-corrected chi connectivity index (χ4v) is 2.73. The van der Waals surface area contributed by atoms with Crippen molar-refractivity contribution in [1.82, 2.24) is 20.2 Å². The van der Waals surface area contributed by atoms with Gasteiger partial charge in [0.05, 0.1) is 17.0 Å². The van der Waals surface area contributed by atoms with Crippen molar-refractivity contribution in [2.45, 2.75) is 6.92 Å². The lowest BCUT2D eigenvalue weighted by Gasteiger charge is -2.02. The van der Waals surface area contributed by atoms with Crippen LogP contribution in [0.25, 0.3) is 33.4 Å². The van der Waals surface area contributed by atoms with E-state index in [2.05, 4.69) is 33.2 Å². The van der Waals surface area contributed by atoms with Crippen LogP contribution in [-0.4, -0.2) is 20.2 Å². The first kappa shape index (κ1) is 13.5. The number of pyridine rings is 1. The fourth-order valence-electron chi connectivity index (χ4n) is 2.73. The summed E-state index contributed by atoms with van der Waals surface area (Å²) in [5.74, 6) is 0. The van der Waals surface area contributed by atoms with E-state index in [-0.39, 0.29) is 5.56 Å². The Kier molecular flexibility index (Phi) is 3.05. The average Bonchev–Trinajstić information content (AvgIpc) is 3.01. The summed E-state index contributed by atoms with van der Waals surface area (Å²) in [4.78, 5) is 19.5. The summed E-state index contributed by atoms with van der Waals surface area (Å²) in [6, 6.07) is 13.6. The number of fused-ring (bicyclic) bond motifs is 1. The molecule has 0 spiro atoms. The Morgan fingerprint density at radius 2 is 1.87 bits per heavy atom. The van der Waals surface area contributed by atoms with Crippen LogP contribution in [0.3, 0.4) is 0 Å². The van der Waals surface area contributed by atoms with Gasteiger partial charge >= 0.3 is 0 Å². The molecule has 3 heterocycles. The van der Waals surface area contributed by atoms with Gasteiger partial charge in [-0.15, -0.1) is 0 Å². The van der Waals surface area contributed by atoms with Gasteiger partial charge < -0.3 is 4.98 Å². The van der Waals surface area contributed by atoms with E-state index in [1.165, 1.54) is 5.56 Å². The lowest BCUT2D eigenvalue weighted by Crippen LogP contribution is -2.11. The maximum absolute atomic E-state index is 12.2. The maximum atomic E-state index is 12.2. The summed E-state index contributed by atoms with van der Waals surface area (Å²) in [6.45, 7) is 2.05. The molecular weight excluding hydrogens is 288 g/mol. The molecule has 0 aliphatic heterocycles. The third-order valence-corrected chi connectivity index (χ3v) is 3.95. The van der Waals surface area contributed by atoms with Crippen LogP contribution in [0.15, 0.2) is 59.7 Å². The third kappa shape index (κ3) is 2.32. The predicted molar refractivity (Wildman–Crippen MR) is 90.1 cm³/mol. The normalized spacial score (nSPS) is 11.0. The highest BCUT2D eigenvalue weighted by Gasteiger charge is 2.11. The van der Waals surface area contributed by atoms with Crippen LogP contribution in [0.1, 0.15) is 5.56 Å². The molecule has 0 bridgehead atoms. The van der Waals surface area contributed by atoms with Gasteiger partial charge in [0.15, 0.2) is 0 Å². The molecule has 23 heavy (non-hydrogen) atoms. The molecule has 0 fully saturated rings. The van der Waals surface area contributed by atoms with E-state index in [4.69, 9.17) is 0 Å². The maximum Gasteiger partial charge on any atom is 0.273 e. The second-order valence-electron chi connectivity index (χ2n) is 5.45. The minimum Gasteiger partial charge on any atom is -0.354 e. The quantitative estimate of drug-likeness (QED) is 0.596. The van der Waals surface area contributed by atoms with Crippen molar-refractivity contribution < 1.29 is 0 Å². The van der Waals surface area contributed by atoms with Crippen LogP contribution >= 0.6 is 0 Å². The van der Waals surface area contributed by atoms with Gasteiger partial charge in [-0.25, -0.2) is 5.10 Å². The Hall–Kier alpha value is -3.21. The van der Waals surface area contributed by atoms with E-state index in [0.29, 0.717) is 11.3 Å². The van der Waals surface area contributed by atoms with Crippen LogP contribution in [-0.2, 0) is 0 Å². The molecule has 0 unspecified atom stereocenters. The van der Waals surface area contributed by atoms with E-state index in [9.17, 15) is 4.79 Å². The smallest absolute Gasteiger partial charge is 0.273 e. The van der Waals surface area contributed by atoms with E-state index in [1.807, 2.05) is 30.3 Å². The summed E-state index contributed by atoms with van der Waals surface area (Å²) >= 11 is 0. The minimum absolute atomic E-state index is 0.216. The van der Waals surface area contributed by atoms with E-state index >= 15 is 0 Å². The molecule has 5 heteroatoms. The fraction of sp³-hybridized carbons (Fsp3) is 0.0556. The van der Waals surface area contributed by atoms with Gasteiger partial charge in [0.1, 0.15) is 0 Å². The molecule has 0 aliphatic carbocycles. The van der Waals surface area contributed by atoms with E-state index in [0.717, 1.165) is 22.2 Å². The Morgan fingerprint density at radius 1 is 1.04 bits per heavy atom. The summed E-state index contributed by atoms with van der Waals surface area (Å²) < 4.78 is 0. The second kappa shape index (κ2) is 5.21. The molecule has 0 saturated heterocycles. The zero-order chi connectivity index (χ0) is 15.8. The van der Waals surface area contributed by atoms with Crippen molar-refractivity contribution in [2.75, 3.05) is 0 Å². The molecule has 4 aromatic rings. The third-order valence-electron chi connectivity index (χ3n) is 3.95. The molecule has 2 N–H and O–H groups in total. The van der Waals surface area contributed by atoms with E-state index in [1.54, 1.807) is 18.5 Å².